The lowest BCUT2D eigenvalue weighted by Crippen LogP contribution is -2.85. The normalized spacial score (nSPS) is 25.4. The average molecular weight is 610 g/mol. The molecule has 2 aliphatic heterocycles. The molecule has 0 radical (unpaired) electrons. The van der Waals surface area contributed by atoms with Crippen LogP contribution >= 0.6 is 0 Å². The first kappa shape index (κ1) is 29.6. The van der Waals surface area contributed by atoms with Gasteiger partial charge in [-0.05, 0) is 57.1 Å². The molecule has 45 heavy (non-hydrogen) atoms. The van der Waals surface area contributed by atoms with E-state index in [1.807, 2.05) is 29.1 Å². The number of carbonyl (C=O) groups excluding carboxylic acids is 2. The molecule has 4 heterocycles. The first-order valence-corrected chi connectivity index (χ1v) is 16.4. The van der Waals surface area contributed by atoms with Crippen LogP contribution in [0.4, 0.5) is 4.79 Å². The number of piperidine rings is 2. The number of unbranched alkanes of at least 4 members (excludes halogenated alkanes) is 2. The van der Waals surface area contributed by atoms with Gasteiger partial charge in [0.15, 0.2) is 0 Å². The molecule has 2 aromatic heterocycles. The molecule has 2 aliphatic carbocycles. The molecule has 3 aromatic rings. The number of fused-ring (bicyclic) bond motifs is 1. The maximum absolute atomic E-state index is 13.3. The van der Waals surface area contributed by atoms with Gasteiger partial charge in [-0.1, -0.05) is 30.3 Å². The summed E-state index contributed by atoms with van der Waals surface area (Å²) in [6.45, 7) is 5.01. The minimum atomic E-state index is -0.282. The summed E-state index contributed by atoms with van der Waals surface area (Å²) in [4.78, 5) is 34.8. The second-order valence-corrected chi connectivity index (χ2v) is 13.1. The Labute approximate surface area is 265 Å². The van der Waals surface area contributed by atoms with E-state index in [-0.39, 0.29) is 18.0 Å². The van der Waals surface area contributed by atoms with Crippen molar-refractivity contribution in [1.82, 2.24) is 34.4 Å². The van der Waals surface area contributed by atoms with Gasteiger partial charge < -0.3 is 19.5 Å². The zero-order valence-electron chi connectivity index (χ0n) is 26.3. The van der Waals surface area contributed by atoms with E-state index in [1.165, 1.54) is 25.6 Å². The van der Waals surface area contributed by atoms with Gasteiger partial charge in [0.1, 0.15) is 11.5 Å². The first-order chi connectivity index (χ1) is 21.9. The number of nitrogens with one attached hydrogen (secondary N) is 1. The van der Waals surface area contributed by atoms with E-state index in [4.69, 9.17) is 16.1 Å². The molecule has 4 unspecified atom stereocenters. The van der Waals surface area contributed by atoms with Crippen LogP contribution in [0.5, 0.6) is 0 Å². The Balaban J connectivity index is 0.998. The summed E-state index contributed by atoms with van der Waals surface area (Å²) in [6, 6.07) is 13.6. The van der Waals surface area contributed by atoms with Crippen molar-refractivity contribution >= 4 is 12.0 Å². The van der Waals surface area contributed by atoms with Crippen LogP contribution in [0.15, 0.2) is 42.6 Å². The van der Waals surface area contributed by atoms with Crippen molar-refractivity contribution in [3.63, 3.8) is 0 Å². The predicted molar refractivity (Wildman–Crippen MR) is 169 cm³/mol. The molecule has 236 valence electrons. The second-order valence-electron chi connectivity index (χ2n) is 13.1. The van der Waals surface area contributed by atoms with Gasteiger partial charge in [0.25, 0.3) is 5.91 Å². The van der Waals surface area contributed by atoms with Gasteiger partial charge in [0.2, 0.25) is 0 Å². The Morgan fingerprint density at radius 2 is 2.00 bits per heavy atom. The molecule has 5 atom stereocenters. The number of ether oxygens (including phenoxy) is 1. The van der Waals surface area contributed by atoms with Crippen molar-refractivity contribution < 1.29 is 14.3 Å². The van der Waals surface area contributed by atoms with Crippen LogP contribution in [0, 0.1) is 24.7 Å². The minimum Gasteiger partial charge on any atom is -0.453 e. The van der Waals surface area contributed by atoms with Gasteiger partial charge in [-0.15, -0.1) is 12.3 Å². The number of aromatic nitrogens is 4. The summed E-state index contributed by atoms with van der Waals surface area (Å²) in [6.07, 6.45) is 14.9. The fourth-order valence-corrected chi connectivity index (χ4v) is 8.67. The molecular weight excluding hydrogens is 566 g/mol. The third-order valence-electron chi connectivity index (χ3n) is 10.9. The molecule has 10 heteroatoms. The minimum absolute atomic E-state index is 0.0916. The standard InChI is InChI=1S/C35H43N7O3/c1-4-5-6-10-18-40-20-14-27(38-40)33(43)37-26(25-11-8-7-9-12-25)15-21-41-30-13-17-35(30)31(41)22-32(35)42-24(2)36-28-23-39(34(44)45-3)19-16-29(28)42/h1,7-9,11-12,14,20,26,30-32H,5-6,10,13,15-19,21-23H2,2-3H3,(H,37,43)/t26-,30?,31?,32?,35?/m0/s1. The van der Waals surface area contributed by atoms with E-state index in [0.717, 1.165) is 68.7 Å². The van der Waals surface area contributed by atoms with Crippen molar-refractivity contribution in [2.45, 2.75) is 95.5 Å². The predicted octanol–water partition coefficient (Wildman–Crippen LogP) is 4.66. The van der Waals surface area contributed by atoms with Crippen molar-refractivity contribution in [1.29, 1.82) is 0 Å². The van der Waals surface area contributed by atoms with Gasteiger partial charge in [-0.25, -0.2) is 9.78 Å². The van der Waals surface area contributed by atoms with Crippen LogP contribution in [0.25, 0.3) is 0 Å². The lowest BCUT2D eigenvalue weighted by Gasteiger charge is -2.80. The molecule has 4 aliphatic rings. The van der Waals surface area contributed by atoms with E-state index in [0.29, 0.717) is 42.3 Å². The number of carbonyl (C=O) groups is 2. The highest BCUT2D eigenvalue weighted by atomic mass is 16.5. The number of hydrogen-bond donors (Lipinski definition) is 1. The molecule has 10 nitrogen and oxygen atoms in total. The zero-order chi connectivity index (χ0) is 31.1. The maximum Gasteiger partial charge on any atom is 0.409 e. The Hall–Kier alpha value is -4.10. The number of nitrogens with zero attached hydrogens (tertiary/aromatic N) is 6. The lowest BCUT2D eigenvalue weighted by atomic mass is 9.40. The molecule has 2 amide bonds. The molecule has 1 N–H and O–H groups in total. The van der Waals surface area contributed by atoms with Crippen molar-refractivity contribution in [2.24, 2.45) is 5.41 Å². The number of terminal acetylenes is 1. The SMILES string of the molecule is C#CCCCCn1ccc(C(=O)N[C@@H](CCN2C3CCC34C2CC4n2c(C)nc3c2CCN(C(=O)OC)C3)c2ccccc2)n1. The highest BCUT2D eigenvalue weighted by Crippen LogP contribution is 2.73. The summed E-state index contributed by atoms with van der Waals surface area (Å²) < 4.78 is 9.31. The highest BCUT2D eigenvalue weighted by molar-refractivity contribution is 5.92. The van der Waals surface area contributed by atoms with Gasteiger partial charge in [-0.2, -0.15) is 5.10 Å². The Bertz CT molecular complexity index is 1600. The smallest absolute Gasteiger partial charge is 0.409 e. The first-order valence-electron chi connectivity index (χ1n) is 16.4. The quantitative estimate of drug-likeness (QED) is 0.251. The fourth-order valence-electron chi connectivity index (χ4n) is 8.67. The molecule has 0 bridgehead atoms. The largest absolute Gasteiger partial charge is 0.453 e. The molecule has 1 saturated heterocycles. The Morgan fingerprint density at radius 1 is 1.16 bits per heavy atom. The monoisotopic (exact) mass is 609 g/mol. The van der Waals surface area contributed by atoms with E-state index < -0.39 is 0 Å². The Morgan fingerprint density at radius 3 is 2.73 bits per heavy atom. The van der Waals surface area contributed by atoms with Crippen molar-refractivity contribution in [2.75, 3.05) is 20.2 Å². The van der Waals surface area contributed by atoms with Crippen LogP contribution < -0.4 is 5.32 Å². The van der Waals surface area contributed by atoms with E-state index in [2.05, 4.69) is 44.9 Å². The third kappa shape index (κ3) is 5.02. The van der Waals surface area contributed by atoms with Gasteiger partial charge in [0.05, 0.1) is 25.4 Å². The molecule has 7 rings (SSSR count). The Kier molecular flexibility index (Phi) is 7.90. The summed E-state index contributed by atoms with van der Waals surface area (Å²) >= 11 is 0. The summed E-state index contributed by atoms with van der Waals surface area (Å²) in [7, 11) is 1.44. The zero-order valence-corrected chi connectivity index (χ0v) is 26.3. The molecular formula is C35H43N7O3. The van der Waals surface area contributed by atoms with Crippen LogP contribution in [0.3, 0.4) is 0 Å². The summed E-state index contributed by atoms with van der Waals surface area (Å²) in [5.74, 6) is 3.60. The van der Waals surface area contributed by atoms with E-state index >= 15 is 0 Å². The van der Waals surface area contributed by atoms with Crippen LogP contribution in [0.2, 0.25) is 0 Å². The number of benzene rings is 1. The van der Waals surface area contributed by atoms with Crippen LogP contribution in [0.1, 0.15) is 90.3 Å². The van der Waals surface area contributed by atoms with Crippen molar-refractivity contribution in [3.05, 3.63) is 71.1 Å². The summed E-state index contributed by atoms with van der Waals surface area (Å²) in [5, 5.41) is 7.84. The second kappa shape index (κ2) is 12.0. The maximum atomic E-state index is 13.3. The van der Waals surface area contributed by atoms with E-state index in [1.54, 1.807) is 11.0 Å². The average Bonchev–Trinajstić information content (AvgIpc) is 3.63. The van der Waals surface area contributed by atoms with Crippen molar-refractivity contribution in [3.8, 4) is 12.3 Å². The van der Waals surface area contributed by atoms with Crippen LogP contribution in [-0.4, -0.2) is 73.4 Å². The number of imidazole rings is 1. The van der Waals surface area contributed by atoms with Gasteiger partial charge in [0, 0.05) is 67.9 Å². The lowest BCUT2D eigenvalue weighted by molar-refractivity contribution is -0.295. The third-order valence-corrected chi connectivity index (χ3v) is 10.9. The van der Waals surface area contributed by atoms with Crippen LogP contribution in [-0.2, 0) is 24.2 Å². The number of rotatable bonds is 11. The number of amides is 2. The molecule has 1 aromatic carbocycles. The fraction of sp³-hybridized carbons (Fsp3) is 0.543. The topological polar surface area (TPSA) is 97.5 Å². The molecule has 1 spiro atoms. The van der Waals surface area contributed by atoms with E-state index in [9.17, 15) is 9.59 Å². The number of hydrogen-bond acceptors (Lipinski definition) is 6. The van der Waals surface area contributed by atoms with Gasteiger partial charge >= 0.3 is 6.09 Å². The highest BCUT2D eigenvalue weighted by Gasteiger charge is 2.75. The number of likely N-dealkylation sites (tertiary alicyclic amines) is 1. The summed E-state index contributed by atoms with van der Waals surface area (Å²) in [5.41, 5.74) is 4.22. The van der Waals surface area contributed by atoms with Gasteiger partial charge in [-0.3, -0.25) is 14.4 Å². The molecule has 2 saturated carbocycles. The number of aryl methyl sites for hydroxylation is 2. The number of methoxy groups -OCH3 is 1. The molecule has 3 fully saturated rings.